The first-order valence-electron chi connectivity index (χ1n) is 8.44. The number of carbonyl (C=O) groups excluding carboxylic acids is 2. The zero-order chi connectivity index (χ0) is 18.5. The predicted molar refractivity (Wildman–Crippen MR) is 98.1 cm³/mol. The fourth-order valence-electron chi connectivity index (χ4n) is 2.92. The Balaban J connectivity index is 1.64. The van der Waals surface area contributed by atoms with E-state index in [0.717, 1.165) is 11.3 Å². The number of carbonyl (C=O) groups is 2. The lowest BCUT2D eigenvalue weighted by molar-refractivity contribution is -0.135. The van der Waals surface area contributed by atoms with Gasteiger partial charge in [0.2, 0.25) is 5.91 Å². The second-order valence-corrected chi connectivity index (χ2v) is 6.07. The molecule has 2 amide bonds. The maximum Gasteiger partial charge on any atom is 0.254 e. The van der Waals surface area contributed by atoms with Gasteiger partial charge in [0.1, 0.15) is 18.1 Å². The summed E-state index contributed by atoms with van der Waals surface area (Å²) in [5.41, 5.74) is 1.53. The summed E-state index contributed by atoms with van der Waals surface area (Å²) in [7, 11) is 3.37. The van der Waals surface area contributed by atoms with Crippen molar-refractivity contribution in [3.05, 3.63) is 53.7 Å². The van der Waals surface area contributed by atoms with E-state index in [1.54, 1.807) is 42.3 Å². The number of pyridine rings is 1. The molecule has 0 unspecified atom stereocenters. The summed E-state index contributed by atoms with van der Waals surface area (Å²) in [5.74, 6) is 1.18. The molecular formula is C19H22N4O3. The molecule has 7 nitrogen and oxygen atoms in total. The molecule has 0 radical (unpaired) electrons. The topological polar surface area (TPSA) is 74.8 Å². The first-order chi connectivity index (χ1) is 12.6. The smallest absolute Gasteiger partial charge is 0.254 e. The number of piperazine rings is 1. The third-order valence-electron chi connectivity index (χ3n) is 4.38. The molecule has 1 aromatic carbocycles. The van der Waals surface area contributed by atoms with Gasteiger partial charge >= 0.3 is 0 Å². The second-order valence-electron chi connectivity index (χ2n) is 6.07. The number of methoxy groups -OCH3 is 1. The monoisotopic (exact) mass is 354 g/mol. The number of hydrogen-bond acceptors (Lipinski definition) is 5. The molecular weight excluding hydrogens is 332 g/mol. The number of nitrogens with one attached hydrogen (secondary N) is 1. The van der Waals surface area contributed by atoms with E-state index in [9.17, 15) is 9.59 Å². The van der Waals surface area contributed by atoms with Gasteiger partial charge in [-0.2, -0.15) is 0 Å². The number of rotatable bonds is 5. The fraction of sp³-hybridized carbons (Fsp3) is 0.316. The van der Waals surface area contributed by atoms with Crippen LogP contribution >= 0.6 is 0 Å². The van der Waals surface area contributed by atoms with Gasteiger partial charge in [0.05, 0.1) is 7.11 Å². The summed E-state index contributed by atoms with van der Waals surface area (Å²) in [6.45, 7) is 1.61. The van der Waals surface area contributed by atoms with Crippen molar-refractivity contribution in [3.8, 4) is 5.75 Å². The van der Waals surface area contributed by atoms with Crippen molar-refractivity contribution in [1.29, 1.82) is 0 Å². The highest BCUT2D eigenvalue weighted by molar-refractivity contribution is 5.97. The largest absolute Gasteiger partial charge is 0.497 e. The molecule has 7 heteroatoms. The number of benzene rings is 1. The van der Waals surface area contributed by atoms with Crippen LogP contribution in [0.2, 0.25) is 0 Å². The van der Waals surface area contributed by atoms with Crippen molar-refractivity contribution in [3.63, 3.8) is 0 Å². The first-order valence-corrected chi connectivity index (χ1v) is 8.44. The number of amides is 2. The molecule has 2 aromatic rings. The van der Waals surface area contributed by atoms with Crippen molar-refractivity contribution in [2.24, 2.45) is 0 Å². The lowest BCUT2D eigenvalue weighted by Gasteiger charge is -2.34. The molecule has 1 fully saturated rings. The van der Waals surface area contributed by atoms with E-state index < -0.39 is 0 Å². The molecule has 1 aliphatic heterocycles. The van der Waals surface area contributed by atoms with E-state index in [0.29, 0.717) is 31.0 Å². The molecule has 1 saturated heterocycles. The Bertz CT molecular complexity index is 809. The van der Waals surface area contributed by atoms with Crippen molar-refractivity contribution in [2.45, 2.75) is 6.54 Å². The highest BCUT2D eigenvalue weighted by atomic mass is 16.5. The molecule has 2 heterocycles. The number of anilines is 1. The van der Waals surface area contributed by atoms with Gasteiger partial charge < -0.3 is 19.9 Å². The molecule has 1 aromatic heterocycles. The number of aromatic nitrogens is 1. The maximum atomic E-state index is 12.6. The molecule has 0 aliphatic carbocycles. The summed E-state index contributed by atoms with van der Waals surface area (Å²) in [4.78, 5) is 32.6. The van der Waals surface area contributed by atoms with Gasteiger partial charge in [-0.1, -0.05) is 12.1 Å². The highest BCUT2D eigenvalue weighted by Crippen LogP contribution is 2.17. The lowest BCUT2D eigenvalue weighted by Crippen LogP contribution is -2.51. The van der Waals surface area contributed by atoms with E-state index in [2.05, 4.69) is 10.3 Å². The molecule has 26 heavy (non-hydrogen) atoms. The van der Waals surface area contributed by atoms with Gasteiger partial charge in [0.25, 0.3) is 5.91 Å². The molecule has 1 N–H and O–H groups in total. The molecule has 136 valence electrons. The van der Waals surface area contributed by atoms with Crippen molar-refractivity contribution in [2.75, 3.05) is 39.1 Å². The number of hydrogen-bond donors (Lipinski definition) is 1. The number of ether oxygens (including phenoxy) is 1. The van der Waals surface area contributed by atoms with Crippen LogP contribution in [0.4, 0.5) is 5.82 Å². The minimum atomic E-state index is -0.154. The van der Waals surface area contributed by atoms with Crippen LogP contribution in [0.3, 0.4) is 0 Å². The van der Waals surface area contributed by atoms with Crippen LogP contribution in [0.15, 0.2) is 42.6 Å². The minimum absolute atomic E-state index is 0.0599. The van der Waals surface area contributed by atoms with Crippen LogP contribution in [0.25, 0.3) is 0 Å². The average molecular weight is 354 g/mol. The van der Waals surface area contributed by atoms with Gasteiger partial charge in [0, 0.05) is 38.4 Å². The summed E-state index contributed by atoms with van der Waals surface area (Å²) in [6, 6.07) is 11.0. The first kappa shape index (κ1) is 17.7. The van der Waals surface area contributed by atoms with Gasteiger partial charge in [-0.15, -0.1) is 0 Å². The number of nitrogens with zero attached hydrogens (tertiary/aromatic N) is 3. The molecule has 3 rings (SSSR count). The van der Waals surface area contributed by atoms with Crippen LogP contribution in [0.1, 0.15) is 15.9 Å². The third-order valence-corrected chi connectivity index (χ3v) is 4.38. The Morgan fingerprint density at radius 1 is 1.27 bits per heavy atom. The van der Waals surface area contributed by atoms with Crippen molar-refractivity contribution < 1.29 is 14.3 Å². The summed E-state index contributed by atoms with van der Waals surface area (Å²) in [6.07, 6.45) is 1.58. The van der Waals surface area contributed by atoms with E-state index >= 15 is 0 Å². The predicted octanol–water partition coefficient (Wildman–Crippen LogP) is 1.62. The van der Waals surface area contributed by atoms with Gasteiger partial charge in [-0.3, -0.25) is 9.59 Å². The van der Waals surface area contributed by atoms with Crippen molar-refractivity contribution in [1.82, 2.24) is 14.8 Å². The fourth-order valence-corrected chi connectivity index (χ4v) is 2.92. The molecule has 0 bridgehead atoms. The van der Waals surface area contributed by atoms with E-state index in [1.807, 2.05) is 24.3 Å². The molecule has 0 atom stereocenters. The second kappa shape index (κ2) is 7.86. The van der Waals surface area contributed by atoms with E-state index in [-0.39, 0.29) is 18.4 Å². The zero-order valence-electron chi connectivity index (χ0n) is 14.9. The Morgan fingerprint density at radius 3 is 2.85 bits per heavy atom. The van der Waals surface area contributed by atoms with Crippen molar-refractivity contribution >= 4 is 17.6 Å². The maximum absolute atomic E-state index is 12.6. The third kappa shape index (κ3) is 3.93. The van der Waals surface area contributed by atoms with Gasteiger partial charge in [-0.25, -0.2) is 4.98 Å². The standard InChI is InChI=1S/C19H22N4O3/c1-20-17-11-15(6-7-21-17)19(25)23-9-8-22(18(24)13-23)12-14-4-3-5-16(10-14)26-2/h3-7,10-11H,8-9,12-13H2,1-2H3,(H,20,21). The molecule has 1 aliphatic rings. The van der Waals surface area contributed by atoms with Gasteiger partial charge in [0.15, 0.2) is 0 Å². The van der Waals surface area contributed by atoms with E-state index in [4.69, 9.17) is 4.74 Å². The molecule has 0 spiro atoms. The Hall–Kier alpha value is -3.09. The van der Waals surface area contributed by atoms with Crippen LogP contribution in [0.5, 0.6) is 5.75 Å². The SMILES string of the molecule is CNc1cc(C(=O)N2CCN(Cc3cccc(OC)c3)C(=O)C2)ccn1. The lowest BCUT2D eigenvalue weighted by atomic mass is 10.1. The zero-order valence-corrected chi connectivity index (χ0v) is 14.9. The van der Waals surface area contributed by atoms with E-state index in [1.165, 1.54) is 0 Å². The quantitative estimate of drug-likeness (QED) is 0.883. The normalized spacial score (nSPS) is 14.3. The highest BCUT2D eigenvalue weighted by Gasteiger charge is 2.28. The van der Waals surface area contributed by atoms with Crippen LogP contribution < -0.4 is 10.1 Å². The van der Waals surface area contributed by atoms with Gasteiger partial charge in [-0.05, 0) is 29.8 Å². The Labute approximate surface area is 152 Å². The van der Waals surface area contributed by atoms with Crippen LogP contribution in [0, 0.1) is 0 Å². The molecule has 0 saturated carbocycles. The van der Waals surface area contributed by atoms with Crippen LogP contribution in [-0.4, -0.2) is 60.4 Å². The Morgan fingerprint density at radius 2 is 2.12 bits per heavy atom. The Kier molecular flexibility index (Phi) is 5.36. The summed E-state index contributed by atoms with van der Waals surface area (Å²) < 4.78 is 5.22. The summed E-state index contributed by atoms with van der Waals surface area (Å²) >= 11 is 0. The van der Waals surface area contributed by atoms with Crippen LogP contribution in [-0.2, 0) is 11.3 Å². The average Bonchev–Trinajstić information content (AvgIpc) is 2.69. The summed E-state index contributed by atoms with van der Waals surface area (Å²) in [5, 5.41) is 2.91. The minimum Gasteiger partial charge on any atom is -0.497 e.